The van der Waals surface area contributed by atoms with Gasteiger partial charge in [-0.2, -0.15) is 0 Å². The lowest BCUT2D eigenvalue weighted by Crippen LogP contribution is -2.12. The van der Waals surface area contributed by atoms with Gasteiger partial charge in [0.2, 0.25) is 0 Å². The summed E-state index contributed by atoms with van der Waals surface area (Å²) in [6.07, 6.45) is 0. The molecule has 90 valence electrons. The monoisotopic (exact) mass is 242 g/mol. The molecule has 0 unspecified atom stereocenters. The zero-order valence-electron chi connectivity index (χ0n) is 9.53. The van der Waals surface area contributed by atoms with Crippen LogP contribution in [0.25, 0.3) is 11.1 Å². The number of carbonyl (C=O) groups is 1. The molecule has 0 saturated heterocycles. The molecule has 1 aliphatic heterocycles. The van der Waals surface area contributed by atoms with Gasteiger partial charge < -0.3 is 11.1 Å². The Balaban J connectivity index is 2.18. The largest absolute Gasteiger partial charge is 0.396 e. The molecule has 4 heteroatoms. The average Bonchev–Trinajstić information content (AvgIpc) is 2.75. The average molecular weight is 242 g/mol. The lowest BCUT2D eigenvalue weighted by Gasteiger charge is -2.08. The maximum atomic E-state index is 13.5. The maximum Gasteiger partial charge on any atom is 0.251 e. The van der Waals surface area contributed by atoms with E-state index in [4.69, 9.17) is 5.73 Å². The normalized spacial score (nSPS) is 13.3. The Labute approximate surface area is 103 Å². The molecule has 3 nitrogen and oxygen atoms in total. The van der Waals surface area contributed by atoms with E-state index in [1.807, 2.05) is 6.07 Å². The van der Waals surface area contributed by atoms with Gasteiger partial charge in [-0.25, -0.2) is 4.39 Å². The van der Waals surface area contributed by atoms with Gasteiger partial charge in [0.05, 0.1) is 5.69 Å². The number of fused-ring (bicyclic) bond motifs is 1. The van der Waals surface area contributed by atoms with Crippen LogP contribution in [0.3, 0.4) is 0 Å². The van der Waals surface area contributed by atoms with Crippen LogP contribution in [0.5, 0.6) is 0 Å². The first-order chi connectivity index (χ1) is 8.66. The molecule has 0 aliphatic carbocycles. The highest BCUT2D eigenvalue weighted by Crippen LogP contribution is 2.30. The Kier molecular flexibility index (Phi) is 2.30. The Morgan fingerprint density at radius 2 is 1.94 bits per heavy atom. The first kappa shape index (κ1) is 10.8. The number of nitrogens with one attached hydrogen (secondary N) is 1. The standard InChI is InChI=1S/C14H11FN2O/c15-12-6-8(4-5-13(12)16)9-2-1-3-10-11(9)7-17-14(10)18/h1-6H,7,16H2,(H,17,18). The van der Waals surface area contributed by atoms with Crippen molar-refractivity contribution < 1.29 is 9.18 Å². The highest BCUT2D eigenvalue weighted by atomic mass is 19.1. The molecular weight excluding hydrogens is 231 g/mol. The number of carbonyl (C=O) groups excluding carboxylic acids is 1. The Morgan fingerprint density at radius 1 is 1.17 bits per heavy atom. The van der Waals surface area contributed by atoms with Gasteiger partial charge >= 0.3 is 0 Å². The summed E-state index contributed by atoms with van der Waals surface area (Å²) in [7, 11) is 0. The van der Waals surface area contributed by atoms with Gasteiger partial charge in [0, 0.05) is 12.1 Å². The van der Waals surface area contributed by atoms with Gasteiger partial charge in [0.15, 0.2) is 0 Å². The van der Waals surface area contributed by atoms with E-state index < -0.39 is 5.82 Å². The van der Waals surface area contributed by atoms with Gasteiger partial charge in [-0.05, 0) is 34.9 Å². The number of anilines is 1. The molecule has 3 rings (SSSR count). The van der Waals surface area contributed by atoms with Gasteiger partial charge in [-0.1, -0.05) is 18.2 Å². The Morgan fingerprint density at radius 3 is 2.72 bits per heavy atom. The van der Waals surface area contributed by atoms with Crippen molar-refractivity contribution in [3.05, 3.63) is 53.3 Å². The second-order valence-corrected chi connectivity index (χ2v) is 4.25. The van der Waals surface area contributed by atoms with Crippen molar-refractivity contribution in [2.75, 3.05) is 5.73 Å². The number of benzene rings is 2. The molecule has 0 bridgehead atoms. The lowest BCUT2D eigenvalue weighted by molar-refractivity contribution is 0.0966. The first-order valence-electron chi connectivity index (χ1n) is 5.62. The number of nitrogen functional groups attached to an aromatic ring is 1. The van der Waals surface area contributed by atoms with Crippen molar-refractivity contribution in [2.45, 2.75) is 6.54 Å². The van der Waals surface area contributed by atoms with Crippen molar-refractivity contribution in [3.63, 3.8) is 0 Å². The summed E-state index contributed by atoms with van der Waals surface area (Å²) in [6.45, 7) is 0.482. The van der Waals surface area contributed by atoms with E-state index in [9.17, 15) is 9.18 Å². The van der Waals surface area contributed by atoms with Gasteiger partial charge in [-0.15, -0.1) is 0 Å². The molecule has 0 fully saturated rings. The highest BCUT2D eigenvalue weighted by Gasteiger charge is 2.21. The highest BCUT2D eigenvalue weighted by molar-refractivity contribution is 6.00. The summed E-state index contributed by atoms with van der Waals surface area (Å²) in [5.41, 5.74) is 8.75. The summed E-state index contributed by atoms with van der Waals surface area (Å²) in [4.78, 5) is 11.6. The van der Waals surface area contributed by atoms with Crippen LogP contribution >= 0.6 is 0 Å². The van der Waals surface area contributed by atoms with Gasteiger partial charge in [0.1, 0.15) is 5.82 Å². The predicted octanol–water partition coefficient (Wildman–Crippen LogP) is 2.32. The minimum Gasteiger partial charge on any atom is -0.396 e. The number of nitrogens with two attached hydrogens (primary N) is 1. The van der Waals surface area contributed by atoms with Crippen molar-refractivity contribution in [2.24, 2.45) is 0 Å². The molecule has 0 spiro atoms. The second-order valence-electron chi connectivity index (χ2n) is 4.25. The summed E-state index contributed by atoms with van der Waals surface area (Å²) < 4.78 is 13.5. The van der Waals surface area contributed by atoms with Crippen molar-refractivity contribution >= 4 is 11.6 Å². The third kappa shape index (κ3) is 1.54. The van der Waals surface area contributed by atoms with E-state index in [1.165, 1.54) is 12.1 Å². The van der Waals surface area contributed by atoms with Crippen LogP contribution in [-0.4, -0.2) is 5.91 Å². The molecule has 18 heavy (non-hydrogen) atoms. The number of halogens is 1. The number of hydrogen-bond acceptors (Lipinski definition) is 2. The molecule has 1 amide bonds. The van der Waals surface area contributed by atoms with E-state index in [0.29, 0.717) is 12.1 Å². The first-order valence-corrected chi connectivity index (χ1v) is 5.62. The van der Waals surface area contributed by atoms with Crippen molar-refractivity contribution in [3.8, 4) is 11.1 Å². The van der Waals surface area contributed by atoms with Crippen LogP contribution in [-0.2, 0) is 6.54 Å². The van der Waals surface area contributed by atoms with Crippen molar-refractivity contribution in [1.29, 1.82) is 0 Å². The van der Waals surface area contributed by atoms with Crippen molar-refractivity contribution in [1.82, 2.24) is 5.32 Å². The van der Waals surface area contributed by atoms with E-state index in [-0.39, 0.29) is 11.6 Å². The summed E-state index contributed by atoms with van der Waals surface area (Å²) in [6, 6.07) is 10.1. The van der Waals surface area contributed by atoms with Crippen LogP contribution in [0.4, 0.5) is 10.1 Å². The molecule has 2 aromatic carbocycles. The zero-order chi connectivity index (χ0) is 12.7. The molecule has 0 saturated carbocycles. The van der Waals surface area contributed by atoms with Gasteiger partial charge in [-0.3, -0.25) is 4.79 Å². The number of amides is 1. The van der Waals surface area contributed by atoms with Gasteiger partial charge in [0.25, 0.3) is 5.91 Å². The zero-order valence-corrected chi connectivity index (χ0v) is 9.53. The fraction of sp³-hybridized carbons (Fsp3) is 0.0714. The summed E-state index contributed by atoms with van der Waals surface area (Å²) in [5.74, 6) is -0.523. The topological polar surface area (TPSA) is 55.1 Å². The van der Waals surface area contributed by atoms with Crippen LogP contribution in [0.1, 0.15) is 15.9 Å². The third-order valence-corrected chi connectivity index (χ3v) is 3.16. The number of hydrogen-bond donors (Lipinski definition) is 2. The quantitative estimate of drug-likeness (QED) is 0.754. The molecule has 0 radical (unpaired) electrons. The minimum absolute atomic E-state index is 0.0808. The predicted molar refractivity (Wildman–Crippen MR) is 67.4 cm³/mol. The molecule has 3 N–H and O–H groups in total. The van der Waals surface area contributed by atoms with E-state index in [1.54, 1.807) is 18.2 Å². The fourth-order valence-electron chi connectivity index (χ4n) is 2.22. The molecule has 2 aromatic rings. The SMILES string of the molecule is Nc1ccc(-c2cccc3c2CNC3=O)cc1F. The number of rotatable bonds is 1. The molecular formula is C14H11FN2O. The van der Waals surface area contributed by atoms with Crippen LogP contribution in [0, 0.1) is 5.82 Å². The second kappa shape index (κ2) is 3.84. The lowest BCUT2D eigenvalue weighted by atomic mass is 9.97. The van der Waals surface area contributed by atoms with Crippen LogP contribution in [0.15, 0.2) is 36.4 Å². The van der Waals surface area contributed by atoms with Crippen LogP contribution < -0.4 is 11.1 Å². The maximum absolute atomic E-state index is 13.5. The molecule has 0 atom stereocenters. The third-order valence-electron chi connectivity index (χ3n) is 3.16. The molecule has 0 aromatic heterocycles. The molecule has 1 aliphatic rings. The van der Waals surface area contributed by atoms with E-state index in [0.717, 1.165) is 16.7 Å². The van der Waals surface area contributed by atoms with Crippen LogP contribution in [0.2, 0.25) is 0 Å². The Bertz CT molecular complexity index is 652. The van der Waals surface area contributed by atoms with E-state index in [2.05, 4.69) is 5.32 Å². The minimum atomic E-state index is -0.442. The molecule has 1 heterocycles. The fourth-order valence-corrected chi connectivity index (χ4v) is 2.22. The summed E-state index contributed by atoms with van der Waals surface area (Å²) >= 11 is 0. The summed E-state index contributed by atoms with van der Waals surface area (Å²) in [5, 5.41) is 2.76. The smallest absolute Gasteiger partial charge is 0.251 e. The Hall–Kier alpha value is -2.36. The van der Waals surface area contributed by atoms with E-state index >= 15 is 0 Å².